The Morgan fingerprint density at radius 3 is 2.71 bits per heavy atom. The summed E-state index contributed by atoms with van der Waals surface area (Å²) in [5.41, 5.74) is 2.10. The normalized spacial score (nSPS) is 22.0. The van der Waals surface area contributed by atoms with E-state index in [2.05, 4.69) is 10.2 Å². The van der Waals surface area contributed by atoms with E-state index in [1.807, 2.05) is 19.1 Å². The van der Waals surface area contributed by atoms with Crippen LogP contribution in [0.3, 0.4) is 0 Å². The molecule has 0 bridgehead atoms. The molecule has 1 N–H and O–H groups in total. The van der Waals surface area contributed by atoms with Crippen LogP contribution in [0.2, 0.25) is 0 Å². The van der Waals surface area contributed by atoms with Crippen molar-refractivity contribution in [2.45, 2.75) is 51.1 Å². The Bertz CT molecular complexity index is 522. The standard InChI is InChI=1S/C16H23N3O2/c1-12-10-15(7-8-16(12)19(20)21)18(14-5-6-14)11-13-4-2-3-9-17-13/h7-8,10,13-14,17H,2-6,9,11H2,1H3. The lowest BCUT2D eigenvalue weighted by molar-refractivity contribution is -0.385. The smallest absolute Gasteiger partial charge is 0.272 e. The van der Waals surface area contributed by atoms with Gasteiger partial charge in [-0.05, 0) is 51.3 Å². The van der Waals surface area contributed by atoms with E-state index in [1.165, 1.54) is 32.1 Å². The highest BCUT2D eigenvalue weighted by atomic mass is 16.6. The van der Waals surface area contributed by atoms with Crippen molar-refractivity contribution in [1.29, 1.82) is 0 Å². The summed E-state index contributed by atoms with van der Waals surface area (Å²) >= 11 is 0. The second-order valence-electron chi connectivity index (χ2n) is 6.26. The van der Waals surface area contributed by atoms with Crippen molar-refractivity contribution < 1.29 is 4.92 Å². The van der Waals surface area contributed by atoms with Crippen molar-refractivity contribution >= 4 is 11.4 Å². The number of anilines is 1. The Labute approximate surface area is 125 Å². The van der Waals surface area contributed by atoms with Gasteiger partial charge in [0, 0.05) is 35.9 Å². The van der Waals surface area contributed by atoms with E-state index in [1.54, 1.807) is 6.07 Å². The minimum Gasteiger partial charge on any atom is -0.367 e. The molecule has 0 aromatic heterocycles. The zero-order valence-electron chi connectivity index (χ0n) is 12.5. The second kappa shape index (κ2) is 6.02. The van der Waals surface area contributed by atoms with Gasteiger partial charge in [0.15, 0.2) is 0 Å². The van der Waals surface area contributed by atoms with E-state index in [-0.39, 0.29) is 10.6 Å². The lowest BCUT2D eigenvalue weighted by Crippen LogP contribution is -2.44. The van der Waals surface area contributed by atoms with Crippen LogP contribution in [-0.4, -0.2) is 30.1 Å². The van der Waals surface area contributed by atoms with Gasteiger partial charge in [0.05, 0.1) is 4.92 Å². The van der Waals surface area contributed by atoms with Crippen molar-refractivity contribution in [3.05, 3.63) is 33.9 Å². The summed E-state index contributed by atoms with van der Waals surface area (Å²) in [6.07, 6.45) is 6.28. The Hall–Kier alpha value is -1.62. The van der Waals surface area contributed by atoms with Crippen LogP contribution in [-0.2, 0) is 0 Å². The first-order chi connectivity index (χ1) is 10.1. The Morgan fingerprint density at radius 1 is 1.33 bits per heavy atom. The van der Waals surface area contributed by atoms with Gasteiger partial charge in [-0.3, -0.25) is 10.1 Å². The summed E-state index contributed by atoms with van der Waals surface area (Å²) < 4.78 is 0. The molecule has 5 nitrogen and oxygen atoms in total. The topological polar surface area (TPSA) is 58.4 Å². The van der Waals surface area contributed by atoms with Crippen LogP contribution in [0, 0.1) is 17.0 Å². The largest absolute Gasteiger partial charge is 0.367 e. The molecule has 0 radical (unpaired) electrons. The lowest BCUT2D eigenvalue weighted by atomic mass is 10.0. The third-order valence-corrected chi connectivity index (χ3v) is 4.53. The Balaban J connectivity index is 1.77. The Kier molecular flexibility index (Phi) is 4.10. The third kappa shape index (κ3) is 3.35. The van der Waals surface area contributed by atoms with E-state index in [9.17, 15) is 10.1 Å². The molecule has 2 aliphatic rings. The van der Waals surface area contributed by atoms with Crippen molar-refractivity contribution in [2.24, 2.45) is 0 Å². The van der Waals surface area contributed by atoms with Crippen molar-refractivity contribution in [3.63, 3.8) is 0 Å². The van der Waals surface area contributed by atoms with Crippen LogP contribution in [0.1, 0.15) is 37.7 Å². The number of nitro groups is 1. The van der Waals surface area contributed by atoms with E-state index < -0.39 is 0 Å². The van der Waals surface area contributed by atoms with Gasteiger partial charge in [0.1, 0.15) is 0 Å². The number of rotatable bonds is 5. The predicted molar refractivity (Wildman–Crippen MR) is 83.8 cm³/mol. The van der Waals surface area contributed by atoms with Crippen LogP contribution in [0.5, 0.6) is 0 Å². The van der Waals surface area contributed by atoms with Crippen LogP contribution in [0.4, 0.5) is 11.4 Å². The van der Waals surface area contributed by atoms with E-state index >= 15 is 0 Å². The maximum atomic E-state index is 10.9. The van der Waals surface area contributed by atoms with E-state index in [0.717, 1.165) is 24.3 Å². The molecule has 0 amide bonds. The van der Waals surface area contributed by atoms with Crippen LogP contribution >= 0.6 is 0 Å². The maximum absolute atomic E-state index is 10.9. The fourth-order valence-electron chi connectivity index (χ4n) is 3.19. The summed E-state index contributed by atoms with van der Waals surface area (Å²) in [6.45, 7) is 3.95. The van der Waals surface area contributed by atoms with Crippen molar-refractivity contribution in [1.82, 2.24) is 5.32 Å². The molecule has 3 rings (SSSR count). The predicted octanol–water partition coefficient (Wildman–Crippen LogP) is 3.01. The molecule has 1 saturated heterocycles. The van der Waals surface area contributed by atoms with Gasteiger partial charge < -0.3 is 10.2 Å². The van der Waals surface area contributed by atoms with Crippen LogP contribution < -0.4 is 10.2 Å². The SMILES string of the molecule is Cc1cc(N(CC2CCCCN2)C2CC2)ccc1[N+](=O)[O-]. The summed E-state index contributed by atoms with van der Waals surface area (Å²) in [7, 11) is 0. The third-order valence-electron chi connectivity index (χ3n) is 4.53. The molecule has 1 atom stereocenters. The van der Waals surface area contributed by atoms with E-state index in [4.69, 9.17) is 0 Å². The molecular formula is C16H23N3O2. The Morgan fingerprint density at radius 2 is 2.14 bits per heavy atom. The van der Waals surface area contributed by atoms with Gasteiger partial charge in [-0.15, -0.1) is 0 Å². The molecule has 1 aliphatic heterocycles. The number of hydrogen-bond donors (Lipinski definition) is 1. The average molecular weight is 289 g/mol. The van der Waals surface area contributed by atoms with Gasteiger partial charge >= 0.3 is 0 Å². The van der Waals surface area contributed by atoms with Gasteiger partial charge in [0.25, 0.3) is 5.69 Å². The highest BCUT2D eigenvalue weighted by Crippen LogP contribution is 2.34. The van der Waals surface area contributed by atoms with Gasteiger partial charge in [-0.25, -0.2) is 0 Å². The number of benzene rings is 1. The number of piperidine rings is 1. The molecule has 0 spiro atoms. The quantitative estimate of drug-likeness (QED) is 0.668. The van der Waals surface area contributed by atoms with Crippen molar-refractivity contribution in [2.75, 3.05) is 18.0 Å². The molecule has 1 unspecified atom stereocenters. The first kappa shape index (κ1) is 14.3. The molecule has 2 fully saturated rings. The van der Waals surface area contributed by atoms with Crippen molar-refractivity contribution in [3.8, 4) is 0 Å². The minimum atomic E-state index is -0.302. The van der Waals surface area contributed by atoms with Gasteiger partial charge in [0.2, 0.25) is 0 Å². The molecule has 114 valence electrons. The van der Waals surface area contributed by atoms with Gasteiger partial charge in [-0.1, -0.05) is 6.42 Å². The number of nitrogens with one attached hydrogen (secondary N) is 1. The maximum Gasteiger partial charge on any atom is 0.272 e. The zero-order chi connectivity index (χ0) is 14.8. The first-order valence-electron chi connectivity index (χ1n) is 7.90. The molecule has 21 heavy (non-hydrogen) atoms. The minimum absolute atomic E-state index is 0.213. The number of hydrogen-bond acceptors (Lipinski definition) is 4. The molecule has 1 aromatic carbocycles. The summed E-state index contributed by atoms with van der Waals surface area (Å²) in [6, 6.07) is 6.70. The monoisotopic (exact) mass is 289 g/mol. The molecule has 5 heteroatoms. The highest BCUT2D eigenvalue weighted by molar-refractivity contribution is 5.56. The summed E-state index contributed by atoms with van der Waals surface area (Å²) in [5, 5.41) is 14.5. The molecule has 1 aromatic rings. The number of nitro benzene ring substituents is 1. The second-order valence-corrected chi connectivity index (χ2v) is 6.26. The van der Waals surface area contributed by atoms with E-state index in [0.29, 0.717) is 12.1 Å². The van der Waals surface area contributed by atoms with Crippen LogP contribution in [0.25, 0.3) is 0 Å². The average Bonchev–Trinajstić information content (AvgIpc) is 3.30. The molecular weight excluding hydrogens is 266 g/mol. The molecule has 1 aliphatic carbocycles. The lowest BCUT2D eigenvalue weighted by Gasteiger charge is -2.32. The first-order valence-corrected chi connectivity index (χ1v) is 7.90. The zero-order valence-corrected chi connectivity index (χ0v) is 12.5. The number of nitrogens with zero attached hydrogens (tertiary/aromatic N) is 2. The van der Waals surface area contributed by atoms with Crippen LogP contribution in [0.15, 0.2) is 18.2 Å². The highest BCUT2D eigenvalue weighted by Gasteiger charge is 2.31. The fraction of sp³-hybridized carbons (Fsp3) is 0.625. The number of aryl methyl sites for hydroxylation is 1. The molecule has 1 saturated carbocycles. The fourth-order valence-corrected chi connectivity index (χ4v) is 3.19. The molecule has 1 heterocycles. The summed E-state index contributed by atoms with van der Waals surface area (Å²) in [5.74, 6) is 0. The summed E-state index contributed by atoms with van der Waals surface area (Å²) in [4.78, 5) is 13.1. The van der Waals surface area contributed by atoms with Gasteiger partial charge in [-0.2, -0.15) is 0 Å².